The van der Waals surface area contributed by atoms with Gasteiger partial charge in [0.1, 0.15) is 0 Å². The normalized spacial score (nSPS) is 21.6. The maximum Gasteiger partial charge on any atom is 0.237 e. The molecule has 140 valence electrons. The third-order valence-electron chi connectivity index (χ3n) is 5.09. The first kappa shape index (κ1) is 18.4. The minimum atomic E-state index is 0.161. The van der Waals surface area contributed by atoms with Crippen LogP contribution in [0.3, 0.4) is 0 Å². The van der Waals surface area contributed by atoms with E-state index < -0.39 is 0 Å². The summed E-state index contributed by atoms with van der Waals surface area (Å²) < 4.78 is 13.1. The highest BCUT2D eigenvalue weighted by Gasteiger charge is 2.32. The molecule has 2 aliphatic rings. The molecule has 0 aromatic carbocycles. The summed E-state index contributed by atoms with van der Waals surface area (Å²) in [5, 5.41) is 4.65. The predicted octanol–water partition coefficient (Wildman–Crippen LogP) is 0.944. The van der Waals surface area contributed by atoms with Crippen molar-refractivity contribution in [2.24, 2.45) is 5.92 Å². The van der Waals surface area contributed by atoms with Gasteiger partial charge in [-0.3, -0.25) is 9.48 Å². The summed E-state index contributed by atoms with van der Waals surface area (Å²) in [5.41, 5.74) is 2.41. The topological polar surface area (TPSA) is 59.8 Å². The first-order valence-corrected chi connectivity index (χ1v) is 9.12. The van der Waals surface area contributed by atoms with E-state index in [1.165, 1.54) is 5.69 Å². The van der Waals surface area contributed by atoms with E-state index in [0.29, 0.717) is 32.2 Å². The molecule has 1 aromatic heterocycles. The molecule has 3 rings (SSSR count). The number of methoxy groups -OCH3 is 1. The number of carbonyl (C=O) groups excluding carboxylic acids is 1. The first-order chi connectivity index (χ1) is 12.1. The Morgan fingerprint density at radius 1 is 1.40 bits per heavy atom. The van der Waals surface area contributed by atoms with E-state index in [1.54, 1.807) is 7.11 Å². The van der Waals surface area contributed by atoms with Gasteiger partial charge in [-0.15, -0.1) is 0 Å². The van der Waals surface area contributed by atoms with Gasteiger partial charge in [0.15, 0.2) is 0 Å². The van der Waals surface area contributed by atoms with Crippen LogP contribution < -0.4 is 0 Å². The summed E-state index contributed by atoms with van der Waals surface area (Å²) in [7, 11) is 5.57. The summed E-state index contributed by atoms with van der Waals surface area (Å²) in [4.78, 5) is 16.3. The van der Waals surface area contributed by atoms with Crippen LogP contribution in [0.25, 0.3) is 0 Å². The highest BCUT2D eigenvalue weighted by Crippen LogP contribution is 2.30. The summed E-state index contributed by atoms with van der Waals surface area (Å²) in [6.07, 6.45) is 4.13. The van der Waals surface area contributed by atoms with Crippen molar-refractivity contribution in [3.05, 3.63) is 17.5 Å². The van der Waals surface area contributed by atoms with E-state index in [4.69, 9.17) is 9.47 Å². The van der Waals surface area contributed by atoms with Crippen molar-refractivity contribution in [1.29, 1.82) is 0 Å². The van der Waals surface area contributed by atoms with Crippen LogP contribution in [-0.2, 0) is 27.4 Å². The summed E-state index contributed by atoms with van der Waals surface area (Å²) in [6.45, 7) is 5.03. The predicted molar refractivity (Wildman–Crippen MR) is 94.4 cm³/mol. The molecule has 1 atom stereocenters. The Morgan fingerprint density at radius 2 is 2.16 bits per heavy atom. The number of carbonyl (C=O) groups is 1. The molecule has 0 saturated carbocycles. The second-order valence-corrected chi connectivity index (χ2v) is 7.46. The van der Waals surface area contributed by atoms with Gasteiger partial charge >= 0.3 is 0 Å². The first-order valence-electron chi connectivity index (χ1n) is 9.12. The van der Waals surface area contributed by atoms with Crippen LogP contribution in [0.15, 0.2) is 6.20 Å². The van der Waals surface area contributed by atoms with Crippen molar-refractivity contribution in [2.75, 3.05) is 54.1 Å². The molecule has 7 heteroatoms. The SMILES string of the molecule is COCC1CN(C(=O)CN(C)C)Cc2cnn(CC3CCOCC3)c21. The van der Waals surface area contributed by atoms with Crippen LogP contribution in [0.2, 0.25) is 0 Å². The summed E-state index contributed by atoms with van der Waals surface area (Å²) in [5.74, 6) is 0.963. The van der Waals surface area contributed by atoms with Gasteiger partial charge < -0.3 is 19.3 Å². The lowest BCUT2D eigenvalue weighted by Gasteiger charge is -2.34. The van der Waals surface area contributed by atoms with Gasteiger partial charge in [0.25, 0.3) is 0 Å². The van der Waals surface area contributed by atoms with E-state index in [1.807, 2.05) is 30.1 Å². The largest absolute Gasteiger partial charge is 0.384 e. The van der Waals surface area contributed by atoms with E-state index in [-0.39, 0.29) is 11.8 Å². The number of hydrogen-bond donors (Lipinski definition) is 0. The number of fused-ring (bicyclic) bond motifs is 1. The number of nitrogens with zero attached hydrogens (tertiary/aromatic N) is 4. The Balaban J connectivity index is 1.76. The van der Waals surface area contributed by atoms with Gasteiger partial charge in [-0.25, -0.2) is 0 Å². The van der Waals surface area contributed by atoms with E-state index in [0.717, 1.165) is 38.2 Å². The third kappa shape index (κ3) is 4.40. The van der Waals surface area contributed by atoms with E-state index >= 15 is 0 Å². The zero-order chi connectivity index (χ0) is 17.8. The van der Waals surface area contributed by atoms with Gasteiger partial charge in [0.2, 0.25) is 5.91 Å². The zero-order valence-electron chi connectivity index (χ0n) is 15.6. The molecule has 25 heavy (non-hydrogen) atoms. The molecule has 1 aromatic rings. The molecule has 1 unspecified atom stereocenters. The van der Waals surface area contributed by atoms with Gasteiger partial charge in [-0.2, -0.15) is 5.10 Å². The van der Waals surface area contributed by atoms with Crippen LogP contribution >= 0.6 is 0 Å². The van der Waals surface area contributed by atoms with Crippen LogP contribution in [-0.4, -0.2) is 79.6 Å². The maximum absolute atomic E-state index is 12.5. The molecule has 1 saturated heterocycles. The fourth-order valence-corrected chi connectivity index (χ4v) is 3.86. The van der Waals surface area contributed by atoms with Gasteiger partial charge in [0.05, 0.1) is 25.0 Å². The fraction of sp³-hybridized carbons (Fsp3) is 0.778. The van der Waals surface area contributed by atoms with Crippen LogP contribution in [0.4, 0.5) is 0 Å². The standard InChI is InChI=1S/C18H30N4O3/c1-20(2)12-17(23)21-10-15-8-19-22(9-14-4-6-25-7-5-14)18(15)16(11-21)13-24-3/h8,14,16H,4-7,9-13H2,1-3H3. The molecule has 1 fully saturated rings. The molecular formula is C18H30N4O3. The monoisotopic (exact) mass is 350 g/mol. The quantitative estimate of drug-likeness (QED) is 0.764. The third-order valence-corrected chi connectivity index (χ3v) is 5.09. The van der Waals surface area contributed by atoms with E-state index in [9.17, 15) is 4.79 Å². The lowest BCUT2D eigenvalue weighted by Crippen LogP contribution is -2.43. The Labute approximate surface area is 149 Å². The van der Waals surface area contributed by atoms with Gasteiger partial charge in [0, 0.05) is 51.4 Å². The number of likely N-dealkylation sites (N-methyl/N-ethyl adjacent to an activating group) is 1. The molecule has 7 nitrogen and oxygen atoms in total. The Morgan fingerprint density at radius 3 is 2.84 bits per heavy atom. The molecule has 0 radical (unpaired) electrons. The minimum Gasteiger partial charge on any atom is -0.384 e. The highest BCUT2D eigenvalue weighted by atomic mass is 16.5. The molecule has 0 bridgehead atoms. The fourth-order valence-electron chi connectivity index (χ4n) is 3.86. The Kier molecular flexibility index (Phi) is 6.09. The van der Waals surface area contributed by atoms with Crippen molar-refractivity contribution in [1.82, 2.24) is 19.6 Å². The minimum absolute atomic E-state index is 0.161. The number of aromatic nitrogens is 2. The van der Waals surface area contributed by atoms with Gasteiger partial charge in [-0.05, 0) is 32.9 Å². The number of ether oxygens (including phenoxy) is 2. The molecule has 0 N–H and O–H groups in total. The number of rotatable bonds is 6. The molecular weight excluding hydrogens is 320 g/mol. The number of hydrogen-bond acceptors (Lipinski definition) is 5. The molecule has 2 aliphatic heterocycles. The highest BCUT2D eigenvalue weighted by molar-refractivity contribution is 5.78. The molecule has 1 amide bonds. The smallest absolute Gasteiger partial charge is 0.237 e. The average molecular weight is 350 g/mol. The zero-order valence-corrected chi connectivity index (χ0v) is 15.6. The van der Waals surface area contributed by atoms with Crippen molar-refractivity contribution < 1.29 is 14.3 Å². The van der Waals surface area contributed by atoms with Crippen LogP contribution in [0, 0.1) is 5.92 Å². The Bertz CT molecular complexity index is 581. The van der Waals surface area contributed by atoms with Crippen molar-refractivity contribution >= 4 is 5.91 Å². The molecule has 0 aliphatic carbocycles. The van der Waals surface area contributed by atoms with Crippen molar-refractivity contribution in [2.45, 2.75) is 31.8 Å². The van der Waals surface area contributed by atoms with Crippen molar-refractivity contribution in [3.8, 4) is 0 Å². The lowest BCUT2D eigenvalue weighted by atomic mass is 9.95. The number of amides is 1. The van der Waals surface area contributed by atoms with Gasteiger partial charge in [-0.1, -0.05) is 0 Å². The van der Waals surface area contributed by atoms with Crippen molar-refractivity contribution in [3.63, 3.8) is 0 Å². The molecule has 3 heterocycles. The Hall–Kier alpha value is -1.44. The summed E-state index contributed by atoms with van der Waals surface area (Å²) in [6, 6.07) is 0. The second-order valence-electron chi connectivity index (χ2n) is 7.46. The van der Waals surface area contributed by atoms with E-state index in [2.05, 4.69) is 9.78 Å². The lowest BCUT2D eigenvalue weighted by molar-refractivity contribution is -0.133. The average Bonchev–Trinajstić information content (AvgIpc) is 2.98. The maximum atomic E-state index is 12.5. The molecule has 0 spiro atoms. The summed E-state index contributed by atoms with van der Waals surface area (Å²) >= 11 is 0. The second kappa shape index (κ2) is 8.29. The van der Waals surface area contributed by atoms with Crippen LogP contribution in [0.1, 0.15) is 30.0 Å². The van der Waals surface area contributed by atoms with Crippen LogP contribution in [0.5, 0.6) is 0 Å².